The summed E-state index contributed by atoms with van der Waals surface area (Å²) in [5.41, 5.74) is -6.09. The largest absolute Gasteiger partial charge is 0.458 e. The Balaban J connectivity index is 3.21. The molecule has 49 heavy (non-hydrogen) atoms. The molecule has 2 aliphatic rings. The van der Waals surface area contributed by atoms with Crippen molar-refractivity contribution < 1.29 is 66.8 Å². The predicted octanol–water partition coefficient (Wildman–Crippen LogP) is 3.31. The van der Waals surface area contributed by atoms with E-state index in [0.29, 0.717) is 6.42 Å². The summed E-state index contributed by atoms with van der Waals surface area (Å²) in [7, 11) is 0. The molecule has 0 amide bonds. The topological polar surface area (TPSA) is 192 Å². The zero-order valence-electron chi connectivity index (χ0n) is 30.0. The van der Waals surface area contributed by atoms with Crippen LogP contribution in [0.2, 0.25) is 0 Å². The summed E-state index contributed by atoms with van der Waals surface area (Å²) in [5, 5.41) is 0. The number of ketones is 2. The average Bonchev–Trinajstić information content (AvgIpc) is 3.19. The van der Waals surface area contributed by atoms with Crippen LogP contribution in [0.25, 0.3) is 0 Å². The highest BCUT2D eigenvalue weighted by atomic mass is 16.6. The maximum Gasteiger partial charge on any atom is 0.309 e. The van der Waals surface area contributed by atoms with Crippen LogP contribution in [0.1, 0.15) is 89.0 Å². The van der Waals surface area contributed by atoms with Crippen molar-refractivity contribution in [2.24, 2.45) is 23.2 Å². The number of esters is 6. The monoisotopic (exact) mass is 692 g/mol. The maximum absolute atomic E-state index is 14.7. The molecule has 14 heteroatoms. The number of carbonyl (C=O) groups excluding carboxylic acids is 8. The van der Waals surface area contributed by atoms with Crippen LogP contribution in [0, 0.1) is 23.2 Å². The van der Waals surface area contributed by atoms with Crippen LogP contribution in [0.3, 0.4) is 0 Å². The predicted molar refractivity (Wildman–Crippen MR) is 170 cm³/mol. The van der Waals surface area contributed by atoms with Gasteiger partial charge in [0.2, 0.25) is 6.10 Å². The van der Waals surface area contributed by atoms with Crippen LogP contribution in [0.5, 0.6) is 0 Å². The summed E-state index contributed by atoms with van der Waals surface area (Å²) < 4.78 is 34.4. The van der Waals surface area contributed by atoms with Crippen LogP contribution in [-0.4, -0.2) is 83.0 Å². The first kappa shape index (κ1) is 40.8. The molecule has 0 saturated heterocycles. The van der Waals surface area contributed by atoms with Gasteiger partial charge in [-0.25, -0.2) is 0 Å². The molecule has 0 bridgehead atoms. The number of allylic oxidation sites excluding steroid dienone is 2. The molecule has 0 aromatic rings. The van der Waals surface area contributed by atoms with Crippen molar-refractivity contribution >= 4 is 47.4 Å². The molecule has 0 aromatic heterocycles. The minimum absolute atomic E-state index is 0.337. The Morgan fingerprint density at radius 2 is 1.29 bits per heavy atom. The number of ether oxygens (including phenoxy) is 6. The molecule has 272 valence electrons. The number of rotatable bonds is 8. The van der Waals surface area contributed by atoms with Gasteiger partial charge >= 0.3 is 35.8 Å². The van der Waals surface area contributed by atoms with Gasteiger partial charge in [0.05, 0.1) is 11.8 Å². The Bertz CT molecular complexity index is 1420. The number of hydrogen-bond donors (Lipinski definition) is 0. The smallest absolute Gasteiger partial charge is 0.309 e. The Hall–Kier alpha value is -4.36. The van der Waals surface area contributed by atoms with E-state index < -0.39 is 113 Å². The lowest BCUT2D eigenvalue weighted by molar-refractivity contribution is -0.191. The molecular weight excluding hydrogens is 644 g/mol. The van der Waals surface area contributed by atoms with Gasteiger partial charge in [-0.1, -0.05) is 39.5 Å². The van der Waals surface area contributed by atoms with E-state index in [9.17, 15) is 38.4 Å². The summed E-state index contributed by atoms with van der Waals surface area (Å²) in [6.45, 7) is 18.3. The van der Waals surface area contributed by atoms with Crippen molar-refractivity contribution in [1.29, 1.82) is 0 Å². The molecule has 0 heterocycles. The minimum atomic E-state index is -2.35. The molecule has 0 N–H and O–H groups in total. The second kappa shape index (κ2) is 15.5. The number of Topliss-reactive ketones (excluding diaryl/α,β-unsaturated/α-hetero) is 2. The van der Waals surface area contributed by atoms with Crippen molar-refractivity contribution in [2.45, 2.75) is 125 Å². The number of fused-ring (bicyclic) bond motifs is 1. The van der Waals surface area contributed by atoms with Gasteiger partial charge in [0, 0.05) is 57.9 Å². The summed E-state index contributed by atoms with van der Waals surface area (Å²) in [4.78, 5) is 106. The first-order valence-electron chi connectivity index (χ1n) is 16.0. The maximum atomic E-state index is 14.7. The van der Waals surface area contributed by atoms with Gasteiger partial charge in [0.25, 0.3) is 0 Å². The zero-order chi connectivity index (χ0) is 37.8. The normalized spacial score (nSPS) is 32.6. The van der Waals surface area contributed by atoms with E-state index in [1.54, 1.807) is 13.8 Å². The molecule has 0 radical (unpaired) electrons. The van der Waals surface area contributed by atoms with Crippen LogP contribution < -0.4 is 0 Å². The van der Waals surface area contributed by atoms with Gasteiger partial charge in [-0.05, 0) is 27.2 Å². The van der Waals surface area contributed by atoms with E-state index in [-0.39, 0.29) is 5.57 Å². The van der Waals surface area contributed by atoms with E-state index in [0.717, 1.165) is 34.6 Å². The zero-order valence-corrected chi connectivity index (χ0v) is 30.0. The third-order valence-corrected chi connectivity index (χ3v) is 8.78. The van der Waals surface area contributed by atoms with E-state index in [2.05, 4.69) is 6.58 Å². The second-order valence-corrected chi connectivity index (χ2v) is 13.5. The van der Waals surface area contributed by atoms with Crippen LogP contribution in [-0.2, 0) is 66.8 Å². The van der Waals surface area contributed by atoms with Crippen molar-refractivity contribution in [2.75, 3.05) is 0 Å². The van der Waals surface area contributed by atoms with Gasteiger partial charge in [0.15, 0.2) is 35.0 Å². The van der Waals surface area contributed by atoms with Crippen molar-refractivity contribution in [3.63, 3.8) is 0 Å². The quantitative estimate of drug-likeness (QED) is 0.204. The minimum Gasteiger partial charge on any atom is -0.458 e. The third kappa shape index (κ3) is 9.01. The molecule has 2 rings (SSSR count). The van der Waals surface area contributed by atoms with E-state index in [1.165, 1.54) is 39.8 Å². The lowest BCUT2D eigenvalue weighted by Crippen LogP contribution is -2.58. The third-order valence-electron chi connectivity index (χ3n) is 8.78. The highest BCUT2D eigenvalue weighted by Crippen LogP contribution is 2.54. The first-order chi connectivity index (χ1) is 22.4. The summed E-state index contributed by atoms with van der Waals surface area (Å²) in [6, 6.07) is 0. The van der Waals surface area contributed by atoms with E-state index >= 15 is 0 Å². The second-order valence-electron chi connectivity index (χ2n) is 13.5. The van der Waals surface area contributed by atoms with Gasteiger partial charge in [0.1, 0.15) is 6.10 Å². The molecule has 1 saturated carbocycles. The van der Waals surface area contributed by atoms with E-state index in [4.69, 9.17) is 28.4 Å². The van der Waals surface area contributed by atoms with Crippen LogP contribution in [0.15, 0.2) is 24.3 Å². The summed E-state index contributed by atoms with van der Waals surface area (Å²) in [5.74, 6) is -10.5. The Labute approximate surface area is 286 Å². The summed E-state index contributed by atoms with van der Waals surface area (Å²) >= 11 is 0. The molecule has 0 aromatic carbocycles. The van der Waals surface area contributed by atoms with Crippen molar-refractivity contribution in [3.05, 3.63) is 24.3 Å². The van der Waals surface area contributed by atoms with Crippen molar-refractivity contribution in [1.82, 2.24) is 0 Å². The van der Waals surface area contributed by atoms with E-state index in [1.807, 2.05) is 0 Å². The first-order valence-corrected chi connectivity index (χ1v) is 16.0. The SMILES string of the molecule is C=C1[C@H](OC(C)=O)[C@H]2[C@@H](OC(C)=O)[C@](C)(OC(C)=O)C[C@]2(OC(C)=O)C(=O)[C@H](C)/C=C/C(C)(C)C(=O)[C@H](OC(=O)[C@@H](C)CC)[C@H]1OC(C)=O. The highest BCUT2D eigenvalue weighted by molar-refractivity contribution is 5.96. The number of carbonyl (C=O) groups is 8. The standard InChI is InChI=1S/C35H48O14/c1-13-17(2)32(43)47-28-27(45-21(6)37)19(4)26(44-20(5)36)25-31(46-22(7)38)34(12,48-23(8)39)16-35(25,49-24(9)40)29(41)18(3)14-15-33(10,11)30(28)42/h14-15,17-18,25-28,31H,4,13,16H2,1-3,5-12H3/b15-14+/t17-,18+,25-,26-,27-,28+,31+,34+,35+/m0/s1. The molecular formula is C35H48O14. The molecule has 1 fully saturated rings. The fraction of sp³-hybridized carbons (Fsp3) is 0.657. The molecule has 0 unspecified atom stereocenters. The lowest BCUT2D eigenvalue weighted by Gasteiger charge is -2.42. The van der Waals surface area contributed by atoms with Gasteiger partial charge < -0.3 is 28.4 Å². The Kier molecular flexibility index (Phi) is 12.9. The average molecular weight is 693 g/mol. The van der Waals surface area contributed by atoms with Gasteiger partial charge in [-0.2, -0.15) is 0 Å². The molecule has 0 aliphatic heterocycles. The van der Waals surface area contributed by atoms with Gasteiger partial charge in [-0.15, -0.1) is 0 Å². The Morgan fingerprint density at radius 1 is 0.776 bits per heavy atom. The lowest BCUT2D eigenvalue weighted by atomic mass is 9.72. The van der Waals surface area contributed by atoms with Gasteiger partial charge in [-0.3, -0.25) is 38.4 Å². The van der Waals surface area contributed by atoms with Crippen molar-refractivity contribution in [3.8, 4) is 0 Å². The molecule has 0 spiro atoms. The fourth-order valence-electron chi connectivity index (χ4n) is 6.43. The Morgan fingerprint density at radius 3 is 1.76 bits per heavy atom. The van der Waals surface area contributed by atoms with Crippen LogP contribution in [0.4, 0.5) is 0 Å². The molecule has 2 aliphatic carbocycles. The molecule has 14 nitrogen and oxygen atoms in total. The highest BCUT2D eigenvalue weighted by Gasteiger charge is 2.72. The van der Waals surface area contributed by atoms with Crippen LogP contribution >= 0.6 is 0 Å². The molecule has 9 atom stereocenters. The number of hydrogen-bond acceptors (Lipinski definition) is 14. The summed E-state index contributed by atoms with van der Waals surface area (Å²) in [6.07, 6.45) is -4.68. The fourth-order valence-corrected chi connectivity index (χ4v) is 6.43.